The van der Waals surface area contributed by atoms with Crippen molar-refractivity contribution in [2.75, 3.05) is 6.54 Å². The van der Waals surface area contributed by atoms with Gasteiger partial charge in [0.25, 0.3) is 0 Å². The minimum absolute atomic E-state index is 0.623. The van der Waals surface area contributed by atoms with Gasteiger partial charge in [0.15, 0.2) is 0 Å². The van der Waals surface area contributed by atoms with Gasteiger partial charge in [-0.1, -0.05) is 39.7 Å². The first-order valence-corrected chi connectivity index (χ1v) is 6.71. The maximum atomic E-state index is 5.91. The molecule has 0 aliphatic carbocycles. The van der Waals surface area contributed by atoms with E-state index in [1.807, 2.05) is 36.4 Å². The SMILES string of the molecule is Cc1ccc(Oc2cccc(Br)c2)c(CCN)c1. The normalized spacial score (nSPS) is 10.4. The summed E-state index contributed by atoms with van der Waals surface area (Å²) in [5.74, 6) is 1.70. The van der Waals surface area contributed by atoms with Crippen LogP contribution < -0.4 is 10.5 Å². The Morgan fingerprint density at radius 1 is 1.17 bits per heavy atom. The zero-order chi connectivity index (χ0) is 13.0. The van der Waals surface area contributed by atoms with E-state index < -0.39 is 0 Å². The van der Waals surface area contributed by atoms with Crippen molar-refractivity contribution in [3.8, 4) is 11.5 Å². The Balaban J connectivity index is 2.28. The van der Waals surface area contributed by atoms with Gasteiger partial charge in [-0.3, -0.25) is 0 Å². The van der Waals surface area contributed by atoms with Crippen LogP contribution in [0.5, 0.6) is 11.5 Å². The summed E-state index contributed by atoms with van der Waals surface area (Å²) in [7, 11) is 0. The van der Waals surface area contributed by atoms with Crippen molar-refractivity contribution in [1.82, 2.24) is 0 Å². The number of hydrogen-bond donors (Lipinski definition) is 1. The zero-order valence-electron chi connectivity index (χ0n) is 10.3. The first kappa shape index (κ1) is 13.1. The fourth-order valence-electron chi connectivity index (χ4n) is 1.82. The molecule has 0 bridgehead atoms. The van der Waals surface area contributed by atoms with Crippen molar-refractivity contribution in [3.05, 3.63) is 58.1 Å². The minimum Gasteiger partial charge on any atom is -0.457 e. The van der Waals surface area contributed by atoms with Gasteiger partial charge in [-0.2, -0.15) is 0 Å². The first-order chi connectivity index (χ1) is 8.69. The van der Waals surface area contributed by atoms with Crippen molar-refractivity contribution in [2.24, 2.45) is 5.73 Å². The van der Waals surface area contributed by atoms with E-state index in [9.17, 15) is 0 Å². The van der Waals surface area contributed by atoms with E-state index in [-0.39, 0.29) is 0 Å². The zero-order valence-corrected chi connectivity index (χ0v) is 11.9. The maximum Gasteiger partial charge on any atom is 0.130 e. The average Bonchev–Trinajstić information content (AvgIpc) is 2.33. The van der Waals surface area contributed by atoms with Crippen molar-refractivity contribution >= 4 is 15.9 Å². The minimum atomic E-state index is 0.623. The van der Waals surface area contributed by atoms with Crippen molar-refractivity contribution in [2.45, 2.75) is 13.3 Å². The second-order valence-electron chi connectivity index (χ2n) is 4.21. The predicted molar refractivity (Wildman–Crippen MR) is 78.2 cm³/mol. The molecule has 0 saturated heterocycles. The third-order valence-corrected chi connectivity index (χ3v) is 3.15. The van der Waals surface area contributed by atoms with E-state index in [1.165, 1.54) is 5.56 Å². The molecule has 18 heavy (non-hydrogen) atoms. The fraction of sp³-hybridized carbons (Fsp3) is 0.200. The van der Waals surface area contributed by atoms with Crippen LogP contribution in [0, 0.1) is 6.92 Å². The Morgan fingerprint density at radius 3 is 2.72 bits per heavy atom. The molecular weight excluding hydrogens is 290 g/mol. The Bertz CT molecular complexity index is 540. The van der Waals surface area contributed by atoms with Gasteiger partial charge in [-0.05, 0) is 49.7 Å². The monoisotopic (exact) mass is 305 g/mol. The number of halogens is 1. The van der Waals surface area contributed by atoms with Crippen LogP contribution in [0.2, 0.25) is 0 Å². The van der Waals surface area contributed by atoms with Crippen LogP contribution in [0.25, 0.3) is 0 Å². The molecule has 0 unspecified atom stereocenters. The third kappa shape index (κ3) is 3.34. The van der Waals surface area contributed by atoms with Crippen molar-refractivity contribution in [1.29, 1.82) is 0 Å². The second-order valence-corrected chi connectivity index (χ2v) is 5.12. The van der Waals surface area contributed by atoms with Gasteiger partial charge < -0.3 is 10.5 Å². The molecule has 0 radical (unpaired) electrons. The highest BCUT2D eigenvalue weighted by Crippen LogP contribution is 2.28. The molecule has 0 aliphatic rings. The smallest absolute Gasteiger partial charge is 0.130 e. The maximum absolute atomic E-state index is 5.91. The molecule has 3 heteroatoms. The van der Waals surface area contributed by atoms with E-state index in [1.54, 1.807) is 0 Å². The van der Waals surface area contributed by atoms with E-state index >= 15 is 0 Å². The van der Waals surface area contributed by atoms with Gasteiger partial charge in [0.2, 0.25) is 0 Å². The number of hydrogen-bond acceptors (Lipinski definition) is 2. The molecule has 0 fully saturated rings. The summed E-state index contributed by atoms with van der Waals surface area (Å²) in [6.45, 7) is 2.70. The van der Waals surface area contributed by atoms with Gasteiger partial charge >= 0.3 is 0 Å². The van der Waals surface area contributed by atoms with Gasteiger partial charge in [0, 0.05) is 4.47 Å². The Hall–Kier alpha value is -1.32. The fourth-order valence-corrected chi connectivity index (χ4v) is 2.19. The van der Waals surface area contributed by atoms with Crippen LogP contribution in [0.3, 0.4) is 0 Å². The molecule has 2 nitrogen and oxygen atoms in total. The topological polar surface area (TPSA) is 35.2 Å². The summed E-state index contributed by atoms with van der Waals surface area (Å²) in [6, 6.07) is 14.0. The van der Waals surface area contributed by atoms with Crippen LogP contribution in [0.15, 0.2) is 46.9 Å². The van der Waals surface area contributed by atoms with Crippen LogP contribution in [-0.4, -0.2) is 6.54 Å². The quantitative estimate of drug-likeness (QED) is 0.925. The highest BCUT2D eigenvalue weighted by atomic mass is 79.9. The lowest BCUT2D eigenvalue weighted by Crippen LogP contribution is -2.04. The summed E-state index contributed by atoms with van der Waals surface area (Å²) in [5, 5.41) is 0. The summed E-state index contributed by atoms with van der Waals surface area (Å²) < 4.78 is 6.92. The number of rotatable bonds is 4. The van der Waals surface area contributed by atoms with Gasteiger partial charge in [0.05, 0.1) is 0 Å². The molecule has 0 aliphatic heterocycles. The molecular formula is C15H16BrNO. The van der Waals surface area contributed by atoms with E-state index in [0.717, 1.165) is 28.0 Å². The third-order valence-electron chi connectivity index (χ3n) is 2.65. The van der Waals surface area contributed by atoms with Crippen LogP contribution in [-0.2, 0) is 6.42 Å². The number of ether oxygens (including phenoxy) is 1. The molecule has 94 valence electrons. The van der Waals surface area contributed by atoms with Crippen molar-refractivity contribution in [3.63, 3.8) is 0 Å². The number of aryl methyl sites for hydroxylation is 1. The van der Waals surface area contributed by atoms with E-state index in [0.29, 0.717) is 6.54 Å². The van der Waals surface area contributed by atoms with Crippen LogP contribution >= 0.6 is 15.9 Å². The van der Waals surface area contributed by atoms with E-state index in [4.69, 9.17) is 10.5 Å². The highest BCUT2D eigenvalue weighted by Gasteiger charge is 2.05. The summed E-state index contributed by atoms with van der Waals surface area (Å²) in [5.41, 5.74) is 8.01. The molecule has 2 aromatic carbocycles. The Morgan fingerprint density at radius 2 is 2.00 bits per heavy atom. The molecule has 2 rings (SSSR count). The van der Waals surface area contributed by atoms with Crippen LogP contribution in [0.1, 0.15) is 11.1 Å². The summed E-state index contributed by atoms with van der Waals surface area (Å²) in [6.07, 6.45) is 0.824. The lowest BCUT2D eigenvalue weighted by Gasteiger charge is -2.11. The largest absolute Gasteiger partial charge is 0.457 e. The summed E-state index contributed by atoms with van der Waals surface area (Å²) in [4.78, 5) is 0. The standard InChI is InChI=1S/C15H16BrNO/c1-11-5-6-15(12(9-11)7-8-17)18-14-4-2-3-13(16)10-14/h2-6,9-10H,7-8,17H2,1H3. The van der Waals surface area contributed by atoms with Crippen molar-refractivity contribution < 1.29 is 4.74 Å². The Kier molecular flexibility index (Phi) is 4.39. The van der Waals surface area contributed by atoms with E-state index in [2.05, 4.69) is 28.9 Å². The molecule has 2 aromatic rings. The lowest BCUT2D eigenvalue weighted by atomic mass is 10.1. The molecule has 0 spiro atoms. The molecule has 2 N–H and O–H groups in total. The second kappa shape index (κ2) is 6.03. The molecule has 0 amide bonds. The van der Waals surface area contributed by atoms with Crippen LogP contribution in [0.4, 0.5) is 0 Å². The van der Waals surface area contributed by atoms with Gasteiger partial charge in [-0.25, -0.2) is 0 Å². The van der Waals surface area contributed by atoms with Gasteiger partial charge in [-0.15, -0.1) is 0 Å². The molecule has 0 aromatic heterocycles. The molecule has 0 saturated carbocycles. The lowest BCUT2D eigenvalue weighted by molar-refractivity contribution is 0.475. The molecule has 0 heterocycles. The average molecular weight is 306 g/mol. The van der Waals surface area contributed by atoms with Gasteiger partial charge in [0.1, 0.15) is 11.5 Å². The number of benzene rings is 2. The Labute approximate surface area is 116 Å². The number of nitrogens with two attached hydrogens (primary N) is 1. The first-order valence-electron chi connectivity index (χ1n) is 5.92. The predicted octanol–water partition coefficient (Wildman–Crippen LogP) is 4.05. The summed E-state index contributed by atoms with van der Waals surface area (Å²) >= 11 is 3.44. The molecule has 0 atom stereocenters. The highest BCUT2D eigenvalue weighted by molar-refractivity contribution is 9.10.